The van der Waals surface area contributed by atoms with Crippen molar-refractivity contribution in [2.24, 2.45) is 5.41 Å². The Labute approximate surface area is 120 Å². The number of aliphatic hydroxyl groups excluding tert-OH is 2. The van der Waals surface area contributed by atoms with E-state index in [1.165, 1.54) is 6.33 Å². The first-order valence-corrected chi connectivity index (χ1v) is 6.69. The van der Waals surface area contributed by atoms with Crippen LogP contribution in [0.15, 0.2) is 12.7 Å². The summed E-state index contributed by atoms with van der Waals surface area (Å²) in [4.78, 5) is 12.2. The van der Waals surface area contributed by atoms with Crippen molar-refractivity contribution >= 4 is 22.8 Å². The van der Waals surface area contributed by atoms with Gasteiger partial charge in [0.25, 0.3) is 0 Å². The molecule has 1 saturated heterocycles. The summed E-state index contributed by atoms with van der Waals surface area (Å²) in [7, 11) is 0. The quantitative estimate of drug-likeness (QED) is 0.813. The molecule has 1 aliphatic rings. The highest BCUT2D eigenvalue weighted by molar-refractivity contribution is 6.33. The van der Waals surface area contributed by atoms with Crippen molar-refractivity contribution < 1.29 is 14.9 Å². The van der Waals surface area contributed by atoms with Crippen LogP contribution in [0.5, 0.6) is 0 Å². The van der Waals surface area contributed by atoms with E-state index in [1.54, 1.807) is 10.9 Å². The largest absolute Gasteiger partial charge is 0.396 e. The summed E-state index contributed by atoms with van der Waals surface area (Å²) < 4.78 is 7.61. The minimum absolute atomic E-state index is 0.135. The van der Waals surface area contributed by atoms with Gasteiger partial charge >= 0.3 is 0 Å². The minimum atomic E-state index is -0.655. The molecule has 2 atom stereocenters. The van der Waals surface area contributed by atoms with Crippen molar-refractivity contribution in [2.45, 2.75) is 25.7 Å². The lowest BCUT2D eigenvalue weighted by Gasteiger charge is -2.26. The fourth-order valence-corrected chi connectivity index (χ4v) is 2.75. The lowest BCUT2D eigenvalue weighted by atomic mass is 9.83. The standard InChI is InChI=1S/C12H15ClN4O3/c1-7-12(3-18,4-19)2-8(20-7)17-6-16-9-10(13)14-5-15-11(9)17/h5-8,18-19H,2-4H2,1H3/t7-,8-/m0/s1. The summed E-state index contributed by atoms with van der Waals surface area (Å²) in [6.45, 7) is 1.57. The maximum atomic E-state index is 9.55. The molecule has 0 saturated carbocycles. The van der Waals surface area contributed by atoms with Gasteiger partial charge in [0.2, 0.25) is 0 Å². The molecule has 108 valence electrons. The van der Waals surface area contributed by atoms with Crippen LogP contribution in [-0.2, 0) is 4.74 Å². The first kappa shape index (κ1) is 13.7. The van der Waals surface area contributed by atoms with Crippen LogP contribution < -0.4 is 0 Å². The topological polar surface area (TPSA) is 93.3 Å². The third kappa shape index (κ3) is 1.89. The molecule has 0 aliphatic carbocycles. The van der Waals surface area contributed by atoms with E-state index in [0.717, 1.165) is 0 Å². The van der Waals surface area contributed by atoms with Gasteiger partial charge in [-0.25, -0.2) is 15.0 Å². The Kier molecular flexibility index (Phi) is 3.37. The van der Waals surface area contributed by atoms with Crippen molar-refractivity contribution in [3.8, 4) is 0 Å². The van der Waals surface area contributed by atoms with Crippen molar-refractivity contribution in [1.29, 1.82) is 0 Å². The summed E-state index contributed by atoms with van der Waals surface area (Å²) in [6, 6.07) is 0. The van der Waals surface area contributed by atoms with Gasteiger partial charge in [0.1, 0.15) is 18.1 Å². The highest BCUT2D eigenvalue weighted by Gasteiger charge is 2.46. The van der Waals surface area contributed by atoms with Crippen LogP contribution in [0, 0.1) is 5.41 Å². The molecule has 2 aromatic rings. The lowest BCUT2D eigenvalue weighted by molar-refractivity contribution is -0.0348. The second-order valence-electron chi connectivity index (χ2n) is 5.10. The molecule has 0 unspecified atom stereocenters. The summed E-state index contributed by atoms with van der Waals surface area (Å²) in [5.41, 5.74) is 0.433. The van der Waals surface area contributed by atoms with Crippen LogP contribution in [0.2, 0.25) is 5.15 Å². The van der Waals surface area contributed by atoms with E-state index in [4.69, 9.17) is 16.3 Å². The zero-order chi connectivity index (χ0) is 14.3. The van der Waals surface area contributed by atoms with E-state index >= 15 is 0 Å². The molecule has 0 spiro atoms. The number of halogens is 1. The average Bonchev–Trinajstić information content (AvgIpc) is 3.01. The maximum Gasteiger partial charge on any atom is 0.166 e. The number of aromatic nitrogens is 4. The molecule has 0 radical (unpaired) electrons. The van der Waals surface area contributed by atoms with E-state index in [-0.39, 0.29) is 30.7 Å². The highest BCUT2D eigenvalue weighted by Crippen LogP contribution is 2.43. The molecule has 1 aliphatic heterocycles. The number of hydrogen-bond acceptors (Lipinski definition) is 6. The molecule has 1 fully saturated rings. The maximum absolute atomic E-state index is 9.55. The number of fused-ring (bicyclic) bond motifs is 1. The van der Waals surface area contributed by atoms with E-state index in [9.17, 15) is 10.2 Å². The molecule has 8 heteroatoms. The lowest BCUT2D eigenvalue weighted by Crippen LogP contribution is -2.36. The predicted molar refractivity (Wildman–Crippen MR) is 71.1 cm³/mol. The molecule has 3 rings (SSSR count). The van der Waals surface area contributed by atoms with Crippen LogP contribution in [0.3, 0.4) is 0 Å². The second-order valence-corrected chi connectivity index (χ2v) is 5.46. The zero-order valence-electron chi connectivity index (χ0n) is 10.9. The van der Waals surface area contributed by atoms with Gasteiger partial charge < -0.3 is 14.9 Å². The first-order chi connectivity index (χ1) is 9.61. The van der Waals surface area contributed by atoms with Crippen LogP contribution in [0.1, 0.15) is 19.6 Å². The molecule has 0 bridgehead atoms. The number of aliphatic hydroxyl groups is 2. The number of nitrogens with zero attached hydrogens (tertiary/aromatic N) is 4. The van der Waals surface area contributed by atoms with Crippen LogP contribution >= 0.6 is 11.6 Å². The number of imidazole rings is 1. The minimum Gasteiger partial charge on any atom is -0.396 e. The molecule has 0 amide bonds. The zero-order valence-corrected chi connectivity index (χ0v) is 11.7. The second kappa shape index (κ2) is 4.92. The average molecular weight is 299 g/mol. The summed E-state index contributed by atoms with van der Waals surface area (Å²) >= 11 is 5.97. The SMILES string of the molecule is C[C@@H]1O[C@H](n2cnc3c(Cl)ncnc32)CC1(CO)CO. The van der Waals surface area contributed by atoms with Crippen molar-refractivity contribution in [3.63, 3.8) is 0 Å². The third-order valence-electron chi connectivity index (χ3n) is 4.06. The normalized spacial score (nSPS) is 25.4. The Hall–Kier alpha value is -1.28. The Balaban J connectivity index is 1.99. The highest BCUT2D eigenvalue weighted by atomic mass is 35.5. The monoisotopic (exact) mass is 298 g/mol. The Bertz CT molecular complexity index is 628. The molecule has 2 N–H and O–H groups in total. The van der Waals surface area contributed by atoms with Crippen molar-refractivity contribution in [3.05, 3.63) is 17.8 Å². The van der Waals surface area contributed by atoms with Crippen molar-refractivity contribution in [1.82, 2.24) is 19.5 Å². The fraction of sp³-hybridized carbons (Fsp3) is 0.583. The number of ether oxygens (including phenoxy) is 1. The molecule has 20 heavy (non-hydrogen) atoms. The van der Waals surface area contributed by atoms with Crippen LogP contribution in [0.25, 0.3) is 11.2 Å². The fourth-order valence-electron chi connectivity index (χ4n) is 2.58. The van der Waals surface area contributed by atoms with E-state index < -0.39 is 5.41 Å². The van der Waals surface area contributed by atoms with E-state index in [0.29, 0.717) is 17.6 Å². The molecule has 3 heterocycles. The first-order valence-electron chi connectivity index (χ1n) is 6.31. The molecule has 2 aromatic heterocycles. The van der Waals surface area contributed by atoms with Gasteiger partial charge in [-0.05, 0) is 6.92 Å². The molecule has 0 aromatic carbocycles. The Morgan fingerprint density at radius 3 is 2.80 bits per heavy atom. The van der Waals surface area contributed by atoms with E-state index in [1.807, 2.05) is 6.92 Å². The van der Waals surface area contributed by atoms with Crippen LogP contribution in [0.4, 0.5) is 0 Å². The van der Waals surface area contributed by atoms with Gasteiger partial charge in [0, 0.05) is 11.8 Å². The van der Waals surface area contributed by atoms with Gasteiger partial charge in [-0.3, -0.25) is 4.57 Å². The number of rotatable bonds is 3. The van der Waals surface area contributed by atoms with Gasteiger partial charge in [0.05, 0.1) is 25.6 Å². The summed E-state index contributed by atoms with van der Waals surface area (Å²) in [5, 5.41) is 19.4. The van der Waals surface area contributed by atoms with Crippen LogP contribution in [-0.4, -0.2) is 49.0 Å². The molecular weight excluding hydrogens is 284 g/mol. The van der Waals surface area contributed by atoms with Gasteiger partial charge in [0.15, 0.2) is 10.8 Å². The van der Waals surface area contributed by atoms with Gasteiger partial charge in [-0.2, -0.15) is 0 Å². The summed E-state index contributed by atoms with van der Waals surface area (Å²) in [6.07, 6.45) is 2.83. The Morgan fingerprint density at radius 2 is 2.15 bits per heavy atom. The van der Waals surface area contributed by atoms with Gasteiger partial charge in [-0.15, -0.1) is 0 Å². The number of hydrogen-bond donors (Lipinski definition) is 2. The molecule has 7 nitrogen and oxygen atoms in total. The smallest absolute Gasteiger partial charge is 0.166 e. The summed E-state index contributed by atoms with van der Waals surface area (Å²) in [5.74, 6) is 0. The van der Waals surface area contributed by atoms with Gasteiger partial charge in [-0.1, -0.05) is 11.6 Å². The third-order valence-corrected chi connectivity index (χ3v) is 4.34. The predicted octanol–water partition coefficient (Wildman–Crippen LogP) is 0.758. The van der Waals surface area contributed by atoms with E-state index in [2.05, 4.69) is 15.0 Å². The van der Waals surface area contributed by atoms with Crippen molar-refractivity contribution in [2.75, 3.05) is 13.2 Å². The Morgan fingerprint density at radius 1 is 1.40 bits per heavy atom. The molecular formula is C12H15ClN4O3.